The summed E-state index contributed by atoms with van der Waals surface area (Å²) in [4.78, 5) is 23.3. The number of aliphatic imine (C=N–C) groups is 1. The van der Waals surface area contributed by atoms with E-state index in [1.165, 1.54) is 21.7 Å². The highest BCUT2D eigenvalue weighted by Crippen LogP contribution is 2.38. The Labute approximate surface area is 197 Å². The summed E-state index contributed by atoms with van der Waals surface area (Å²) < 4.78 is 30.9. The van der Waals surface area contributed by atoms with Crippen LogP contribution in [0.5, 0.6) is 0 Å². The second kappa shape index (κ2) is 8.16. The lowest BCUT2D eigenvalue weighted by Gasteiger charge is -2.15. The molecule has 5 rings (SSSR count). The van der Waals surface area contributed by atoms with E-state index in [0.717, 1.165) is 12.1 Å². The van der Waals surface area contributed by atoms with Gasteiger partial charge in [0, 0.05) is 18.7 Å². The molecule has 3 heterocycles. The molecular formula is C22H17Cl2F2N5O2. The van der Waals surface area contributed by atoms with Gasteiger partial charge in [0.25, 0.3) is 5.91 Å². The van der Waals surface area contributed by atoms with Crippen molar-refractivity contribution in [1.29, 1.82) is 0 Å². The van der Waals surface area contributed by atoms with Crippen LogP contribution < -0.4 is 0 Å². The molecule has 0 bridgehead atoms. The van der Waals surface area contributed by atoms with Crippen molar-refractivity contribution in [3.8, 4) is 5.69 Å². The molecule has 2 aliphatic rings. The van der Waals surface area contributed by atoms with Crippen LogP contribution in [0.15, 0.2) is 35.3 Å². The van der Waals surface area contributed by atoms with Crippen LogP contribution in [-0.2, 0) is 0 Å². The number of hydrogen-bond acceptors (Lipinski definition) is 5. The lowest BCUT2D eigenvalue weighted by Crippen LogP contribution is -2.30. The third-order valence-corrected chi connectivity index (χ3v) is 6.51. The fraction of sp³-hybridized carbons (Fsp3) is 0.273. The number of rotatable bonds is 2. The van der Waals surface area contributed by atoms with E-state index in [-0.39, 0.29) is 39.3 Å². The van der Waals surface area contributed by atoms with E-state index >= 15 is 0 Å². The van der Waals surface area contributed by atoms with Crippen LogP contribution in [0.25, 0.3) is 5.69 Å². The predicted octanol–water partition coefficient (Wildman–Crippen LogP) is 3.97. The molecule has 7 nitrogen and oxygen atoms in total. The first-order chi connectivity index (χ1) is 15.8. The maximum atomic E-state index is 14.7. The highest BCUT2D eigenvalue weighted by Gasteiger charge is 2.34. The summed E-state index contributed by atoms with van der Waals surface area (Å²) in [5, 5.41) is 14.4. The molecule has 2 atom stereocenters. The van der Waals surface area contributed by atoms with E-state index in [1.807, 2.05) is 0 Å². The molecule has 1 saturated heterocycles. The molecule has 0 radical (unpaired) electrons. The molecule has 2 aromatic carbocycles. The molecule has 0 unspecified atom stereocenters. The van der Waals surface area contributed by atoms with Crippen molar-refractivity contribution in [2.45, 2.75) is 25.5 Å². The number of aliphatic hydroxyl groups is 1. The van der Waals surface area contributed by atoms with E-state index < -0.39 is 29.7 Å². The van der Waals surface area contributed by atoms with Crippen molar-refractivity contribution in [3.05, 3.63) is 74.8 Å². The minimum Gasteiger partial charge on any atom is -0.391 e. The Morgan fingerprint density at radius 3 is 2.55 bits per heavy atom. The number of aromatic nitrogens is 3. The molecule has 0 spiro atoms. The van der Waals surface area contributed by atoms with Crippen molar-refractivity contribution in [3.63, 3.8) is 0 Å². The Balaban J connectivity index is 1.71. The van der Waals surface area contributed by atoms with Crippen molar-refractivity contribution < 1.29 is 18.7 Å². The number of carbonyl (C=O) groups excluding carboxylic acids is 1. The van der Waals surface area contributed by atoms with Crippen molar-refractivity contribution in [1.82, 2.24) is 19.7 Å². The van der Waals surface area contributed by atoms with Gasteiger partial charge in [0.2, 0.25) is 5.82 Å². The Hall–Kier alpha value is -2.88. The van der Waals surface area contributed by atoms with Gasteiger partial charge in [-0.3, -0.25) is 9.79 Å². The molecule has 3 aromatic rings. The SMILES string of the molecule is C[C@@H]1N=C(c2c(F)cccc2F)c2c(ccc(Cl)c2Cl)-n2nc(C(=O)N3CC[C@H](O)C3)nc21. The summed E-state index contributed by atoms with van der Waals surface area (Å²) in [6.45, 7) is 2.27. The van der Waals surface area contributed by atoms with Gasteiger partial charge in [-0.25, -0.2) is 18.4 Å². The van der Waals surface area contributed by atoms with Crippen LogP contribution in [0.4, 0.5) is 8.78 Å². The van der Waals surface area contributed by atoms with Gasteiger partial charge in [0.1, 0.15) is 17.7 Å². The normalized spacial score (nSPS) is 19.7. The summed E-state index contributed by atoms with van der Waals surface area (Å²) in [6, 6.07) is 5.91. The van der Waals surface area contributed by atoms with Crippen molar-refractivity contribution in [2.24, 2.45) is 4.99 Å². The second-order valence-electron chi connectivity index (χ2n) is 7.90. The van der Waals surface area contributed by atoms with Crippen molar-refractivity contribution >= 4 is 34.8 Å². The lowest BCUT2D eigenvalue weighted by molar-refractivity contribution is 0.0753. The molecule has 0 saturated carbocycles. The number of likely N-dealkylation sites (tertiary alicyclic amines) is 1. The zero-order valence-electron chi connectivity index (χ0n) is 17.3. The van der Waals surface area contributed by atoms with E-state index in [1.54, 1.807) is 13.0 Å². The minimum atomic E-state index is -0.807. The number of benzene rings is 2. The molecular weight excluding hydrogens is 475 g/mol. The van der Waals surface area contributed by atoms with E-state index in [0.29, 0.717) is 24.5 Å². The van der Waals surface area contributed by atoms with Gasteiger partial charge < -0.3 is 10.0 Å². The Morgan fingerprint density at radius 1 is 1.15 bits per heavy atom. The first kappa shape index (κ1) is 21.9. The second-order valence-corrected chi connectivity index (χ2v) is 8.69. The van der Waals surface area contributed by atoms with Gasteiger partial charge in [-0.2, -0.15) is 0 Å². The summed E-state index contributed by atoms with van der Waals surface area (Å²) in [5.41, 5.74) is 0.142. The molecule has 1 N–H and O–H groups in total. The van der Waals surface area contributed by atoms with Crippen LogP contribution in [0, 0.1) is 11.6 Å². The number of halogens is 4. The largest absolute Gasteiger partial charge is 0.391 e. The first-order valence-corrected chi connectivity index (χ1v) is 11.0. The minimum absolute atomic E-state index is 0.0246. The molecule has 1 aromatic heterocycles. The number of amides is 1. The smallest absolute Gasteiger partial charge is 0.293 e. The summed E-state index contributed by atoms with van der Waals surface area (Å²) in [7, 11) is 0. The summed E-state index contributed by atoms with van der Waals surface area (Å²) in [6.07, 6.45) is -0.105. The van der Waals surface area contributed by atoms with E-state index in [4.69, 9.17) is 23.2 Å². The molecule has 1 amide bonds. The number of β-amino-alcohol motifs (C(OH)–C–C–N with tert-alkyl or cyclic N) is 1. The number of hydrogen-bond donors (Lipinski definition) is 1. The maximum absolute atomic E-state index is 14.7. The molecule has 0 aliphatic carbocycles. The van der Waals surface area contributed by atoms with Crippen LogP contribution in [0.1, 0.15) is 47.0 Å². The Morgan fingerprint density at radius 2 is 1.88 bits per heavy atom. The Kier molecular flexibility index (Phi) is 5.43. The van der Waals surface area contributed by atoms with Crippen molar-refractivity contribution in [2.75, 3.05) is 13.1 Å². The van der Waals surface area contributed by atoms with E-state index in [2.05, 4.69) is 15.1 Å². The van der Waals surface area contributed by atoms with Crippen LogP contribution in [0.3, 0.4) is 0 Å². The highest BCUT2D eigenvalue weighted by atomic mass is 35.5. The van der Waals surface area contributed by atoms with Crippen LogP contribution in [-0.4, -0.2) is 55.6 Å². The summed E-state index contributed by atoms with van der Waals surface area (Å²) >= 11 is 12.8. The van der Waals surface area contributed by atoms with Gasteiger partial charge >= 0.3 is 0 Å². The third-order valence-electron chi connectivity index (χ3n) is 5.71. The van der Waals surface area contributed by atoms with Gasteiger partial charge in [0.15, 0.2) is 5.82 Å². The number of nitrogens with zero attached hydrogens (tertiary/aromatic N) is 5. The zero-order valence-corrected chi connectivity index (χ0v) is 18.8. The Bertz CT molecular complexity index is 1310. The molecule has 1 fully saturated rings. The first-order valence-electron chi connectivity index (χ1n) is 10.2. The highest BCUT2D eigenvalue weighted by molar-refractivity contribution is 6.45. The quantitative estimate of drug-likeness (QED) is 0.587. The number of fused-ring (bicyclic) bond motifs is 3. The zero-order chi connectivity index (χ0) is 23.4. The monoisotopic (exact) mass is 491 g/mol. The lowest BCUT2D eigenvalue weighted by atomic mass is 9.99. The fourth-order valence-corrected chi connectivity index (χ4v) is 4.51. The average molecular weight is 492 g/mol. The average Bonchev–Trinajstić information content (AvgIpc) is 3.39. The number of carbonyl (C=O) groups is 1. The van der Waals surface area contributed by atoms with Gasteiger partial charge in [0.05, 0.1) is 33.1 Å². The van der Waals surface area contributed by atoms with Gasteiger partial charge in [-0.05, 0) is 37.6 Å². The number of aliphatic hydroxyl groups excluding tert-OH is 1. The van der Waals surface area contributed by atoms with Crippen LogP contribution >= 0.6 is 23.2 Å². The standard InChI is InChI=1S/C22H17Cl2F2N5O2/c1-10-21-28-20(22(33)30-8-7-11(32)9-30)29-31(21)15-6-5-12(23)18(24)17(15)19(27-10)16-13(25)3-2-4-14(16)26/h2-6,10-11,32H,7-9H2,1H3/t10-,11-/m0/s1. The van der Waals surface area contributed by atoms with Gasteiger partial charge in [-0.15, -0.1) is 5.10 Å². The molecule has 11 heteroatoms. The maximum Gasteiger partial charge on any atom is 0.293 e. The fourth-order valence-electron chi connectivity index (χ4n) is 4.10. The van der Waals surface area contributed by atoms with Gasteiger partial charge in [-0.1, -0.05) is 29.3 Å². The summed E-state index contributed by atoms with van der Waals surface area (Å²) in [5.74, 6) is -1.81. The molecule has 170 valence electrons. The molecule has 33 heavy (non-hydrogen) atoms. The van der Waals surface area contributed by atoms with E-state index in [9.17, 15) is 18.7 Å². The predicted molar refractivity (Wildman–Crippen MR) is 118 cm³/mol. The molecule has 2 aliphatic heterocycles. The topological polar surface area (TPSA) is 83.6 Å². The third kappa shape index (κ3) is 3.60. The van der Waals surface area contributed by atoms with Crippen LogP contribution in [0.2, 0.25) is 10.0 Å².